The van der Waals surface area contributed by atoms with Gasteiger partial charge in [0.05, 0.1) is 12.8 Å². The highest BCUT2D eigenvalue weighted by Gasteiger charge is 2.39. The van der Waals surface area contributed by atoms with Crippen molar-refractivity contribution in [1.82, 2.24) is 0 Å². The quantitative estimate of drug-likeness (QED) is 0.488. The fourth-order valence-electron chi connectivity index (χ4n) is 1.97. The van der Waals surface area contributed by atoms with E-state index in [9.17, 15) is 14.4 Å². The smallest absolute Gasteiger partial charge is 0.350 e. The molecule has 1 heterocycles. The highest BCUT2D eigenvalue weighted by Crippen LogP contribution is 2.29. The van der Waals surface area contributed by atoms with Gasteiger partial charge in [0, 0.05) is 20.0 Å². The van der Waals surface area contributed by atoms with Gasteiger partial charge in [-0.25, -0.2) is 14.4 Å². The molecule has 0 amide bonds. The average Bonchev–Trinajstić information content (AvgIpc) is 2.44. The third-order valence-electron chi connectivity index (χ3n) is 2.94. The zero-order chi connectivity index (χ0) is 17.2. The number of carbonyl (C=O) groups is 3. The molecule has 0 unspecified atom stereocenters. The van der Waals surface area contributed by atoms with Gasteiger partial charge in [0.2, 0.25) is 0 Å². The Morgan fingerprint density at radius 3 is 2.39 bits per heavy atom. The summed E-state index contributed by atoms with van der Waals surface area (Å²) in [5.74, 6) is -4.11. The van der Waals surface area contributed by atoms with Crippen LogP contribution in [0.2, 0.25) is 0 Å². The summed E-state index contributed by atoms with van der Waals surface area (Å²) in [6.07, 6.45) is 1.09. The number of benzene rings is 1. The van der Waals surface area contributed by atoms with Crippen LogP contribution in [0.1, 0.15) is 24.2 Å². The number of methoxy groups -OCH3 is 1. The zero-order valence-corrected chi connectivity index (χ0v) is 12.7. The molecule has 0 spiro atoms. The number of rotatable bonds is 4. The summed E-state index contributed by atoms with van der Waals surface area (Å²) in [7, 11) is 1.31. The number of hydrogen-bond acceptors (Lipinski definition) is 7. The Morgan fingerprint density at radius 2 is 1.87 bits per heavy atom. The Balaban J connectivity index is 2.30. The number of carboxylic acids is 1. The Labute approximate surface area is 131 Å². The third kappa shape index (κ3) is 3.42. The molecule has 2 N–H and O–H groups in total. The number of nitrogens with one attached hydrogen (secondary N) is 1. The summed E-state index contributed by atoms with van der Waals surface area (Å²) in [5, 5.41) is 11.8. The van der Waals surface area contributed by atoms with Crippen LogP contribution in [0, 0.1) is 0 Å². The van der Waals surface area contributed by atoms with Crippen molar-refractivity contribution in [3.63, 3.8) is 0 Å². The third-order valence-corrected chi connectivity index (χ3v) is 2.94. The van der Waals surface area contributed by atoms with Crippen molar-refractivity contribution in [2.75, 3.05) is 12.4 Å². The normalized spacial score (nSPS) is 16.2. The van der Waals surface area contributed by atoms with E-state index in [2.05, 4.69) is 5.32 Å². The van der Waals surface area contributed by atoms with Gasteiger partial charge >= 0.3 is 17.9 Å². The molecule has 23 heavy (non-hydrogen) atoms. The first-order valence-electron chi connectivity index (χ1n) is 6.59. The lowest BCUT2D eigenvalue weighted by Gasteiger charge is -2.29. The minimum absolute atomic E-state index is 0.0640. The molecule has 1 aromatic carbocycles. The maximum atomic E-state index is 11.8. The van der Waals surface area contributed by atoms with Gasteiger partial charge in [-0.2, -0.15) is 0 Å². The molecule has 2 rings (SSSR count). The number of aromatic carboxylic acids is 1. The molecular formula is C15H15NO7. The standard InChI is InChI=1S/C15H15NO7/c1-15(2)22-13(19)9(14(20)23-15)7-16-10-6-4-5-8(12(17)18)11(10)21-3/h4-7,16H,1-3H3,(H,17,18). The lowest BCUT2D eigenvalue weighted by atomic mass is 10.1. The van der Waals surface area contributed by atoms with Crippen molar-refractivity contribution in [3.05, 3.63) is 35.5 Å². The van der Waals surface area contributed by atoms with E-state index in [-0.39, 0.29) is 22.6 Å². The van der Waals surface area contributed by atoms with Crippen LogP contribution in [0.5, 0.6) is 5.75 Å². The van der Waals surface area contributed by atoms with Crippen molar-refractivity contribution in [3.8, 4) is 5.75 Å². The number of carbonyl (C=O) groups excluding carboxylic acids is 2. The second-order valence-electron chi connectivity index (χ2n) is 5.07. The van der Waals surface area contributed by atoms with E-state index in [0.717, 1.165) is 6.20 Å². The molecule has 0 saturated carbocycles. The van der Waals surface area contributed by atoms with E-state index in [0.29, 0.717) is 0 Å². The topological polar surface area (TPSA) is 111 Å². The van der Waals surface area contributed by atoms with E-state index in [4.69, 9.17) is 19.3 Å². The first-order chi connectivity index (χ1) is 10.7. The van der Waals surface area contributed by atoms with E-state index in [1.165, 1.54) is 39.2 Å². The predicted molar refractivity (Wildman–Crippen MR) is 77.9 cm³/mol. The highest BCUT2D eigenvalue weighted by molar-refractivity contribution is 6.15. The fraction of sp³-hybridized carbons (Fsp3) is 0.267. The first-order valence-corrected chi connectivity index (χ1v) is 6.59. The summed E-state index contributed by atoms with van der Waals surface area (Å²) >= 11 is 0. The summed E-state index contributed by atoms with van der Waals surface area (Å²) in [5.41, 5.74) is -0.136. The summed E-state index contributed by atoms with van der Waals surface area (Å²) in [4.78, 5) is 34.8. The summed E-state index contributed by atoms with van der Waals surface area (Å²) < 4.78 is 15.0. The van der Waals surface area contributed by atoms with Crippen molar-refractivity contribution >= 4 is 23.6 Å². The molecule has 1 aliphatic heterocycles. The molecule has 1 aliphatic rings. The number of carboxylic acid groups (broad SMARTS) is 1. The van der Waals surface area contributed by atoms with Crippen molar-refractivity contribution < 1.29 is 33.7 Å². The molecule has 1 aromatic rings. The number of hydrogen-bond donors (Lipinski definition) is 2. The van der Waals surface area contributed by atoms with Gasteiger partial charge in [0.1, 0.15) is 5.56 Å². The maximum Gasteiger partial charge on any atom is 0.350 e. The first kappa shape index (κ1) is 16.3. The Kier molecular flexibility index (Phi) is 4.26. The van der Waals surface area contributed by atoms with E-state index < -0.39 is 23.7 Å². The maximum absolute atomic E-state index is 11.8. The second kappa shape index (κ2) is 5.99. The van der Waals surface area contributed by atoms with Crippen molar-refractivity contribution in [1.29, 1.82) is 0 Å². The van der Waals surface area contributed by atoms with Gasteiger partial charge in [-0.05, 0) is 12.1 Å². The summed E-state index contributed by atoms with van der Waals surface area (Å²) in [6.45, 7) is 2.87. The van der Waals surface area contributed by atoms with Crippen LogP contribution in [0.15, 0.2) is 30.0 Å². The molecule has 0 bridgehead atoms. The molecule has 8 nitrogen and oxygen atoms in total. The molecule has 1 fully saturated rings. The Hall–Kier alpha value is -3.03. The van der Waals surface area contributed by atoms with Crippen molar-refractivity contribution in [2.45, 2.75) is 19.6 Å². The fourth-order valence-corrected chi connectivity index (χ4v) is 1.97. The Morgan fingerprint density at radius 1 is 1.26 bits per heavy atom. The van der Waals surface area contributed by atoms with Gasteiger partial charge in [-0.15, -0.1) is 0 Å². The van der Waals surface area contributed by atoms with Crippen LogP contribution < -0.4 is 10.1 Å². The van der Waals surface area contributed by atoms with Crippen LogP contribution in [-0.2, 0) is 19.1 Å². The number of ether oxygens (including phenoxy) is 3. The molecule has 1 saturated heterocycles. The van der Waals surface area contributed by atoms with Crippen molar-refractivity contribution in [2.24, 2.45) is 0 Å². The van der Waals surface area contributed by atoms with E-state index >= 15 is 0 Å². The molecular weight excluding hydrogens is 306 g/mol. The minimum Gasteiger partial charge on any atom is -0.494 e. The van der Waals surface area contributed by atoms with Crippen LogP contribution in [0.25, 0.3) is 0 Å². The molecule has 8 heteroatoms. The average molecular weight is 321 g/mol. The molecule has 0 aromatic heterocycles. The van der Waals surface area contributed by atoms with Gasteiger partial charge in [-0.3, -0.25) is 0 Å². The van der Waals surface area contributed by atoms with E-state index in [1.54, 1.807) is 0 Å². The van der Waals surface area contributed by atoms with Crippen LogP contribution >= 0.6 is 0 Å². The van der Waals surface area contributed by atoms with Gasteiger partial charge < -0.3 is 24.6 Å². The number of anilines is 1. The Bertz CT molecular complexity index is 684. The number of para-hydroxylation sites is 1. The monoisotopic (exact) mass is 321 g/mol. The second-order valence-corrected chi connectivity index (χ2v) is 5.07. The van der Waals surface area contributed by atoms with E-state index in [1.807, 2.05) is 0 Å². The molecule has 0 radical (unpaired) electrons. The minimum atomic E-state index is -1.33. The number of esters is 2. The van der Waals surface area contributed by atoms with Crippen LogP contribution in [0.4, 0.5) is 5.69 Å². The van der Waals surface area contributed by atoms with Crippen LogP contribution in [0.3, 0.4) is 0 Å². The number of cyclic esters (lactones) is 2. The van der Waals surface area contributed by atoms with Crippen LogP contribution in [-0.4, -0.2) is 35.9 Å². The molecule has 0 atom stereocenters. The van der Waals surface area contributed by atoms with Gasteiger partial charge in [-0.1, -0.05) is 6.07 Å². The largest absolute Gasteiger partial charge is 0.494 e. The predicted octanol–water partition coefficient (Wildman–Crippen LogP) is 1.53. The lowest BCUT2D eigenvalue weighted by Crippen LogP contribution is -2.42. The lowest BCUT2D eigenvalue weighted by molar-refractivity contribution is -0.222. The zero-order valence-electron chi connectivity index (χ0n) is 12.7. The highest BCUT2D eigenvalue weighted by atomic mass is 16.7. The SMILES string of the molecule is COc1c(NC=C2C(=O)OC(C)(C)OC2=O)cccc1C(=O)O. The summed E-state index contributed by atoms with van der Waals surface area (Å²) in [6, 6.07) is 4.39. The van der Waals surface area contributed by atoms with Gasteiger partial charge in [0.15, 0.2) is 11.3 Å². The molecule has 122 valence electrons. The van der Waals surface area contributed by atoms with Gasteiger partial charge in [0.25, 0.3) is 5.79 Å². The molecule has 0 aliphatic carbocycles.